The fourth-order valence-corrected chi connectivity index (χ4v) is 2.90. The molecule has 6 nitrogen and oxygen atoms in total. The Morgan fingerprint density at radius 2 is 2.21 bits per heavy atom. The highest BCUT2D eigenvalue weighted by Crippen LogP contribution is 2.32. The quantitative estimate of drug-likeness (QED) is 0.915. The molecule has 6 heteroatoms. The van der Waals surface area contributed by atoms with E-state index in [2.05, 4.69) is 15.3 Å². The lowest BCUT2D eigenvalue weighted by molar-refractivity contribution is -0.136. The highest BCUT2D eigenvalue weighted by atomic mass is 16.5. The number of hydrogen-bond acceptors (Lipinski definition) is 5. The minimum atomic E-state index is 0.0709. The van der Waals surface area contributed by atoms with Crippen LogP contribution in [0.25, 0.3) is 0 Å². The van der Waals surface area contributed by atoms with Gasteiger partial charge in [0, 0.05) is 26.1 Å². The summed E-state index contributed by atoms with van der Waals surface area (Å²) in [5, 5.41) is 3.33. The van der Waals surface area contributed by atoms with Gasteiger partial charge in [-0.15, -0.1) is 0 Å². The third kappa shape index (κ3) is 3.48. The maximum absolute atomic E-state index is 11.6. The largest absolute Gasteiger partial charge is 0.497 e. The summed E-state index contributed by atoms with van der Waals surface area (Å²) in [5.41, 5.74) is 2.01. The lowest BCUT2D eigenvalue weighted by Crippen LogP contribution is -2.44. The topological polar surface area (TPSA) is 67.3 Å². The zero-order valence-corrected chi connectivity index (χ0v) is 14.2. The van der Waals surface area contributed by atoms with Crippen LogP contribution in [0.2, 0.25) is 0 Å². The zero-order valence-electron chi connectivity index (χ0n) is 14.2. The van der Waals surface area contributed by atoms with Crippen molar-refractivity contribution in [3.05, 3.63) is 47.4 Å². The predicted octanol–water partition coefficient (Wildman–Crippen LogP) is 2.70. The van der Waals surface area contributed by atoms with Crippen molar-refractivity contribution in [3.8, 4) is 5.75 Å². The van der Waals surface area contributed by atoms with E-state index in [9.17, 15) is 4.79 Å². The summed E-state index contributed by atoms with van der Waals surface area (Å²) in [6, 6.07) is 9.92. The predicted molar refractivity (Wildman–Crippen MR) is 91.8 cm³/mol. The second-order valence-electron chi connectivity index (χ2n) is 5.95. The Hall–Kier alpha value is -2.63. The van der Waals surface area contributed by atoms with E-state index in [0.717, 1.165) is 35.8 Å². The summed E-state index contributed by atoms with van der Waals surface area (Å²) in [6.45, 7) is 4.92. The van der Waals surface area contributed by atoms with Crippen molar-refractivity contribution in [1.29, 1.82) is 0 Å². The Kier molecular flexibility index (Phi) is 4.64. The first-order valence-corrected chi connectivity index (χ1v) is 8.06. The number of ether oxygens (including phenoxy) is 1. The number of aryl methyl sites for hydroxylation is 1. The molecule has 0 radical (unpaired) electrons. The lowest BCUT2D eigenvalue weighted by atomic mass is 9.99. The van der Waals surface area contributed by atoms with Gasteiger partial charge in [0.1, 0.15) is 17.4 Å². The van der Waals surface area contributed by atoms with Crippen molar-refractivity contribution in [2.75, 3.05) is 19.0 Å². The lowest BCUT2D eigenvalue weighted by Gasteiger charge is -2.40. The molecule has 1 amide bonds. The second-order valence-corrected chi connectivity index (χ2v) is 5.95. The van der Waals surface area contributed by atoms with Gasteiger partial charge in [-0.3, -0.25) is 4.79 Å². The molecular weight excluding hydrogens is 304 g/mol. The van der Waals surface area contributed by atoms with E-state index < -0.39 is 0 Å². The number of benzene rings is 1. The van der Waals surface area contributed by atoms with Crippen LogP contribution < -0.4 is 10.1 Å². The Balaban J connectivity index is 1.73. The maximum Gasteiger partial charge on any atom is 0.220 e. The minimum Gasteiger partial charge on any atom is -0.497 e. The highest BCUT2D eigenvalue weighted by Gasteiger charge is 2.32. The Bertz CT molecular complexity index is 748. The van der Waals surface area contributed by atoms with Crippen LogP contribution in [-0.2, 0) is 11.3 Å². The van der Waals surface area contributed by atoms with E-state index in [1.165, 1.54) is 0 Å². The highest BCUT2D eigenvalue weighted by molar-refractivity contribution is 5.74. The van der Waals surface area contributed by atoms with Crippen LogP contribution in [0.1, 0.15) is 36.5 Å². The summed E-state index contributed by atoms with van der Waals surface area (Å²) >= 11 is 0. The number of amides is 1. The molecule has 1 atom stereocenters. The number of rotatable bonds is 5. The third-order valence-electron chi connectivity index (χ3n) is 4.23. The molecule has 0 saturated carbocycles. The molecule has 1 unspecified atom stereocenters. The molecule has 0 spiro atoms. The van der Waals surface area contributed by atoms with Crippen molar-refractivity contribution in [3.63, 3.8) is 0 Å². The number of nitrogens with one attached hydrogen (secondary N) is 1. The summed E-state index contributed by atoms with van der Waals surface area (Å²) < 4.78 is 5.24. The molecule has 1 saturated heterocycles. The molecule has 126 valence electrons. The number of methoxy groups -OCH3 is 1. The van der Waals surface area contributed by atoms with Gasteiger partial charge in [0.05, 0.1) is 18.8 Å². The summed E-state index contributed by atoms with van der Waals surface area (Å²) in [5.74, 6) is 2.40. The van der Waals surface area contributed by atoms with Gasteiger partial charge < -0.3 is 15.0 Å². The van der Waals surface area contributed by atoms with Gasteiger partial charge in [-0.25, -0.2) is 9.97 Å². The maximum atomic E-state index is 11.6. The van der Waals surface area contributed by atoms with Crippen LogP contribution in [0.4, 0.5) is 5.82 Å². The Labute approximate surface area is 141 Å². The normalized spacial score (nSPS) is 16.5. The van der Waals surface area contributed by atoms with E-state index in [-0.39, 0.29) is 11.9 Å². The second kappa shape index (κ2) is 6.86. The van der Waals surface area contributed by atoms with E-state index in [1.807, 2.05) is 42.2 Å². The van der Waals surface area contributed by atoms with Crippen molar-refractivity contribution in [1.82, 2.24) is 14.9 Å². The average molecular weight is 326 g/mol. The molecule has 1 aromatic carbocycles. The number of carbonyl (C=O) groups is 1. The molecular formula is C18H22N4O2. The van der Waals surface area contributed by atoms with Gasteiger partial charge in [0.15, 0.2) is 0 Å². The van der Waals surface area contributed by atoms with E-state index in [4.69, 9.17) is 4.74 Å². The van der Waals surface area contributed by atoms with Crippen molar-refractivity contribution in [2.24, 2.45) is 0 Å². The van der Waals surface area contributed by atoms with Gasteiger partial charge >= 0.3 is 0 Å². The van der Waals surface area contributed by atoms with Crippen molar-refractivity contribution < 1.29 is 9.53 Å². The monoisotopic (exact) mass is 326 g/mol. The third-order valence-corrected chi connectivity index (χ3v) is 4.23. The van der Waals surface area contributed by atoms with Crippen LogP contribution >= 0.6 is 0 Å². The standard InChI is InChI=1S/C18H22N4O2/c1-12-20-16(17-7-8-22(17)13(2)23)10-18(21-12)19-11-14-5-4-6-15(9-14)24-3/h4-6,9-10,17H,7-8,11H2,1-3H3,(H,19,20,21). The van der Waals surface area contributed by atoms with Crippen LogP contribution in [0.3, 0.4) is 0 Å². The van der Waals surface area contributed by atoms with Crippen molar-refractivity contribution >= 4 is 11.7 Å². The smallest absolute Gasteiger partial charge is 0.220 e. The number of aromatic nitrogens is 2. The number of anilines is 1. The summed E-state index contributed by atoms with van der Waals surface area (Å²) in [6.07, 6.45) is 0.950. The number of hydrogen-bond donors (Lipinski definition) is 1. The van der Waals surface area contributed by atoms with E-state index >= 15 is 0 Å². The van der Waals surface area contributed by atoms with Gasteiger partial charge in [0.2, 0.25) is 5.91 Å². The number of nitrogens with zero attached hydrogens (tertiary/aromatic N) is 3. The first kappa shape index (κ1) is 16.2. The molecule has 2 aromatic rings. The number of carbonyl (C=O) groups excluding carboxylic acids is 1. The number of likely N-dealkylation sites (tertiary alicyclic amines) is 1. The molecule has 0 bridgehead atoms. The van der Waals surface area contributed by atoms with Gasteiger partial charge in [-0.1, -0.05) is 12.1 Å². The molecule has 1 aliphatic heterocycles. The fourth-order valence-electron chi connectivity index (χ4n) is 2.90. The van der Waals surface area contributed by atoms with Crippen LogP contribution in [-0.4, -0.2) is 34.4 Å². The molecule has 1 N–H and O–H groups in total. The Morgan fingerprint density at radius 1 is 1.38 bits per heavy atom. The van der Waals surface area contributed by atoms with Gasteiger partial charge in [-0.05, 0) is 31.0 Å². The first-order chi connectivity index (χ1) is 11.6. The van der Waals surface area contributed by atoms with Gasteiger partial charge in [-0.2, -0.15) is 0 Å². The van der Waals surface area contributed by atoms with Crippen molar-refractivity contribution in [2.45, 2.75) is 32.9 Å². The van der Waals surface area contributed by atoms with E-state index in [0.29, 0.717) is 12.4 Å². The molecule has 1 aliphatic rings. The van der Waals surface area contributed by atoms with Crippen LogP contribution in [0, 0.1) is 6.92 Å². The molecule has 0 aliphatic carbocycles. The molecule has 2 heterocycles. The van der Waals surface area contributed by atoms with Crippen LogP contribution in [0.5, 0.6) is 5.75 Å². The zero-order chi connectivity index (χ0) is 17.1. The summed E-state index contributed by atoms with van der Waals surface area (Å²) in [4.78, 5) is 22.4. The molecule has 24 heavy (non-hydrogen) atoms. The molecule has 3 rings (SSSR count). The first-order valence-electron chi connectivity index (χ1n) is 8.06. The fraction of sp³-hybridized carbons (Fsp3) is 0.389. The SMILES string of the molecule is COc1cccc(CNc2cc(C3CCN3C(C)=O)nc(C)n2)c1. The van der Waals surface area contributed by atoms with Crippen LogP contribution in [0.15, 0.2) is 30.3 Å². The Morgan fingerprint density at radius 3 is 2.88 bits per heavy atom. The molecule has 1 aromatic heterocycles. The van der Waals surface area contributed by atoms with Gasteiger partial charge in [0.25, 0.3) is 0 Å². The summed E-state index contributed by atoms with van der Waals surface area (Å²) in [7, 11) is 1.66. The average Bonchev–Trinajstić information content (AvgIpc) is 2.51. The van der Waals surface area contributed by atoms with E-state index in [1.54, 1.807) is 14.0 Å². The molecule has 1 fully saturated rings. The minimum absolute atomic E-state index is 0.0709.